The monoisotopic (exact) mass is 1690 g/mol. The molecule has 0 fully saturated rings. The van der Waals surface area contributed by atoms with Gasteiger partial charge in [-0.2, -0.15) is 0 Å². The van der Waals surface area contributed by atoms with Gasteiger partial charge in [0.05, 0.1) is 97.4 Å². The molecule has 0 saturated carbocycles. The predicted molar refractivity (Wildman–Crippen MR) is 503 cm³/mol. The summed E-state index contributed by atoms with van der Waals surface area (Å²) in [6.07, 6.45) is 25.2. The van der Waals surface area contributed by atoms with Gasteiger partial charge in [0.25, 0.3) is 0 Å². The van der Waals surface area contributed by atoms with E-state index in [-0.39, 0.29) is 97.4 Å². The topological polar surface area (TPSA) is 210 Å². The van der Waals surface area contributed by atoms with Crippen LogP contribution in [0.15, 0.2) is 121 Å². The second kappa shape index (κ2) is 43.3. The predicted octanol–water partition coefficient (Wildman–Crippen LogP) is 28.5. The molecule has 1 aliphatic carbocycles. The van der Waals surface area contributed by atoms with E-state index < -0.39 is 53.2 Å². The minimum atomic E-state index is -0.696. The Labute approximate surface area is 736 Å². The first-order valence-electron chi connectivity index (χ1n) is 47.2. The average Bonchev–Trinajstić information content (AvgIpc) is 1.34. The minimum absolute atomic E-state index is 0.135. The third-order valence-electron chi connectivity index (χ3n) is 25.5. The van der Waals surface area contributed by atoms with Crippen molar-refractivity contribution >= 4 is 134 Å². The van der Waals surface area contributed by atoms with E-state index in [9.17, 15) is 19.2 Å². The van der Waals surface area contributed by atoms with E-state index in [0.717, 1.165) is 175 Å². The van der Waals surface area contributed by atoms with Crippen molar-refractivity contribution in [3.8, 4) is 33.4 Å². The van der Waals surface area contributed by atoms with Crippen LogP contribution < -0.4 is 0 Å². The van der Waals surface area contributed by atoms with Crippen molar-refractivity contribution in [2.45, 2.75) is 267 Å². The van der Waals surface area contributed by atoms with Crippen LogP contribution in [0, 0.1) is 0 Å². The van der Waals surface area contributed by atoms with Crippen LogP contribution in [0.2, 0.25) is 0 Å². The molecule has 0 bridgehead atoms. The number of hydrogen-bond acceptors (Lipinski definition) is 16. The molecule has 0 atom stereocenters. The van der Waals surface area contributed by atoms with Gasteiger partial charge < -0.3 is 37.9 Å². The highest BCUT2D eigenvalue weighted by Crippen LogP contribution is 2.59. The smallest absolute Gasteiger partial charge is 0.338 e. The molecule has 16 heteroatoms. The first kappa shape index (κ1) is 91.7. The number of carbonyl (C=O) groups is 8. The number of esters is 8. The molecule has 13 rings (SSSR count). The van der Waals surface area contributed by atoms with Crippen LogP contribution in [0.5, 0.6) is 0 Å². The van der Waals surface area contributed by atoms with Gasteiger partial charge >= 0.3 is 47.8 Å². The van der Waals surface area contributed by atoms with Crippen molar-refractivity contribution in [3.63, 3.8) is 0 Å². The van der Waals surface area contributed by atoms with E-state index in [0.29, 0.717) is 149 Å². The van der Waals surface area contributed by atoms with Gasteiger partial charge in [-0.15, -0.1) is 0 Å². The van der Waals surface area contributed by atoms with Crippen LogP contribution in [0.1, 0.15) is 356 Å². The number of rotatable bonds is 48. The number of unbranched alkanes of at least 4 members (excludes halogenated alkanes) is 18. The highest BCUT2D eigenvalue weighted by atomic mass is 16.6. The van der Waals surface area contributed by atoms with Gasteiger partial charge in [-0.25, -0.2) is 38.4 Å². The molecule has 658 valence electrons. The molecule has 0 aliphatic heterocycles. The van der Waals surface area contributed by atoms with Crippen LogP contribution in [-0.4, -0.2) is 101 Å². The Morgan fingerprint density at radius 1 is 0.200 bits per heavy atom. The number of benzene rings is 12. The lowest BCUT2D eigenvalue weighted by atomic mass is 9.69. The zero-order valence-corrected chi connectivity index (χ0v) is 75.4. The third-order valence-corrected chi connectivity index (χ3v) is 25.5. The summed E-state index contributed by atoms with van der Waals surface area (Å²) in [7, 11) is 0. The number of hydrogen-bond donors (Lipinski definition) is 0. The fourth-order valence-electron chi connectivity index (χ4n) is 18.8. The fourth-order valence-corrected chi connectivity index (χ4v) is 18.8. The van der Waals surface area contributed by atoms with Crippen molar-refractivity contribution in [3.05, 3.63) is 177 Å². The molecule has 0 saturated heterocycles. The highest BCUT2D eigenvalue weighted by molar-refractivity contribution is 6.42. The van der Waals surface area contributed by atoms with Gasteiger partial charge in [-0.05, 0) is 234 Å². The molecule has 12 aromatic carbocycles. The molecule has 1 aliphatic rings. The van der Waals surface area contributed by atoms with Crippen molar-refractivity contribution in [1.29, 1.82) is 0 Å². The van der Waals surface area contributed by atoms with Crippen LogP contribution in [0.3, 0.4) is 0 Å². The van der Waals surface area contributed by atoms with Gasteiger partial charge in [0, 0.05) is 27.0 Å². The van der Waals surface area contributed by atoms with E-state index in [1.54, 1.807) is 36.4 Å². The maximum Gasteiger partial charge on any atom is 0.338 e. The molecule has 125 heavy (non-hydrogen) atoms. The number of fused-ring (bicyclic) bond motifs is 7. The lowest BCUT2D eigenvalue weighted by Gasteiger charge is -2.34. The van der Waals surface area contributed by atoms with Crippen molar-refractivity contribution < 1.29 is 76.3 Å². The third kappa shape index (κ3) is 19.0. The van der Waals surface area contributed by atoms with Crippen molar-refractivity contribution in [2.24, 2.45) is 0 Å². The molecule has 0 N–H and O–H groups in total. The average molecular weight is 1690 g/mol. The molecular formula is C109H126O16. The van der Waals surface area contributed by atoms with E-state index in [4.69, 9.17) is 37.9 Å². The van der Waals surface area contributed by atoms with Gasteiger partial charge in [0.2, 0.25) is 0 Å². The van der Waals surface area contributed by atoms with Gasteiger partial charge in [0.1, 0.15) is 0 Å². The first-order valence-corrected chi connectivity index (χ1v) is 47.2. The van der Waals surface area contributed by atoms with E-state index in [2.05, 4.69) is 50.2 Å². The number of carbonyl (C=O) groups excluding carboxylic acids is 8. The Bertz CT molecular complexity index is 5510. The summed E-state index contributed by atoms with van der Waals surface area (Å²) in [6, 6.07) is 39.0. The Balaban J connectivity index is 1.15. The molecule has 16 nitrogen and oxygen atoms in total. The molecule has 12 aromatic rings. The summed E-state index contributed by atoms with van der Waals surface area (Å²) in [5, 5.41) is 9.32. The summed E-state index contributed by atoms with van der Waals surface area (Å²) in [5.74, 6) is -4.71. The first-order chi connectivity index (χ1) is 61.0. The zero-order valence-electron chi connectivity index (χ0n) is 75.4. The van der Waals surface area contributed by atoms with Crippen LogP contribution >= 0.6 is 0 Å². The maximum absolute atomic E-state index is 15.7. The SMILES string of the molecule is CCCCCCCCC1(CCCCCCCC)c2cc(-c3cc(C(=O)OCCCC)c4c(C(=O)OCCCC)ccc5c6ccc(C(=O)OCCCC)c7c(C(=O)OCCCC)ccc(c3c45)c76)ccc2-c2ccc(-c3cc(C(=O)OCCCC)c4c(C(=O)OCCCC)ccc5c6ccc(C(=O)OCCCC)c7c(C(=O)OCCCC)ccc(c3c45)c76)cc21. The second-order valence-electron chi connectivity index (χ2n) is 34.2. The molecule has 0 aromatic heterocycles. The fraction of sp³-hybridized carbons (Fsp3) is 0.450. The highest BCUT2D eigenvalue weighted by Gasteiger charge is 2.44. The Morgan fingerprint density at radius 2 is 0.424 bits per heavy atom. The van der Waals surface area contributed by atoms with Gasteiger partial charge in [-0.1, -0.05) is 258 Å². The van der Waals surface area contributed by atoms with Crippen molar-refractivity contribution in [2.75, 3.05) is 52.9 Å². The van der Waals surface area contributed by atoms with Crippen LogP contribution in [-0.2, 0) is 43.3 Å². The van der Waals surface area contributed by atoms with Gasteiger partial charge in [-0.3, -0.25) is 0 Å². The lowest BCUT2D eigenvalue weighted by molar-refractivity contribution is 0.0485. The quantitative estimate of drug-likeness (QED) is 0.0114. The zero-order chi connectivity index (χ0) is 88.3. The van der Waals surface area contributed by atoms with E-state index in [1.165, 1.54) is 0 Å². The van der Waals surface area contributed by atoms with Gasteiger partial charge in [0.15, 0.2) is 0 Å². The Kier molecular flexibility index (Phi) is 31.7. The summed E-state index contributed by atoms with van der Waals surface area (Å²) in [5.41, 5.74) is 8.03. The standard InChI is InChI=1S/C109H126O16/c1-11-21-31-33-35-37-55-109(56-38-36-34-32-22-12-2)89-65-69(85-67-87(107(116)124-63-29-19-9)97-83(105(114)122-61-27-17-7)51-45-75-73-43-49-79(101(110)118-57-23-13-3)95-81(103(112)120-59-25-15-5)53-47-77(91(73)95)93(85)99(75)97)39-41-71(89)72-42-40-70(66-90(72)109)86-68-88(108(117)125-64-30-20-10)98-84(106(115)123-62-28-18-8)52-46-76-74-44-50-80(102(111)119-58-24-14-4)96-82(104(113)121-60-26-16-6)54-48-78(92(74)96)94(86)100(76)98/h39-54,65-68H,11-38,55-64H2,1-10H3. The molecule has 0 radical (unpaired) electrons. The Hall–Kier alpha value is -11.0. The molecule has 0 spiro atoms. The largest absolute Gasteiger partial charge is 0.462 e. The molecule has 0 heterocycles. The van der Waals surface area contributed by atoms with E-state index >= 15 is 19.2 Å². The normalized spacial score (nSPS) is 12.3. The number of ether oxygens (including phenoxy) is 8. The summed E-state index contributed by atoms with van der Waals surface area (Å²) >= 11 is 0. The van der Waals surface area contributed by atoms with Crippen LogP contribution in [0.25, 0.3) is 120 Å². The van der Waals surface area contributed by atoms with E-state index in [1.807, 2.05) is 104 Å². The van der Waals surface area contributed by atoms with Crippen LogP contribution in [0.4, 0.5) is 0 Å². The lowest BCUT2D eigenvalue weighted by Crippen LogP contribution is -2.25. The molecule has 0 amide bonds. The summed E-state index contributed by atoms with van der Waals surface area (Å²) < 4.78 is 49.1. The Morgan fingerprint density at radius 3 is 0.688 bits per heavy atom. The van der Waals surface area contributed by atoms with Crippen molar-refractivity contribution in [1.82, 2.24) is 0 Å². The summed E-state index contributed by atoms with van der Waals surface area (Å²) in [4.78, 5) is 121. The maximum atomic E-state index is 15.7. The minimum Gasteiger partial charge on any atom is -0.462 e. The molecule has 0 unspecified atom stereocenters. The second-order valence-corrected chi connectivity index (χ2v) is 34.2. The summed E-state index contributed by atoms with van der Waals surface area (Å²) in [6.45, 7) is 22.0. The molecular weight excluding hydrogens is 1570 g/mol.